The number of rotatable bonds is 7. The van der Waals surface area contributed by atoms with Crippen molar-refractivity contribution in [3.05, 3.63) is 47.0 Å². The van der Waals surface area contributed by atoms with E-state index in [9.17, 15) is 0 Å². The van der Waals surface area contributed by atoms with Crippen LogP contribution in [0.1, 0.15) is 42.4 Å². The lowest BCUT2D eigenvalue weighted by molar-refractivity contribution is 0.236. The third-order valence-corrected chi connectivity index (χ3v) is 6.82. The number of ether oxygens (including phenoxy) is 1. The summed E-state index contributed by atoms with van der Waals surface area (Å²) in [6.07, 6.45) is 8.43. The molecule has 0 saturated carbocycles. The Labute approximate surface area is 180 Å². The minimum absolute atomic E-state index is 0.752. The Kier molecular flexibility index (Phi) is 6.07. The molecule has 3 heterocycles. The van der Waals surface area contributed by atoms with Crippen molar-refractivity contribution in [2.24, 2.45) is 0 Å². The van der Waals surface area contributed by atoms with E-state index in [4.69, 9.17) is 4.74 Å². The first-order valence-corrected chi connectivity index (χ1v) is 11.8. The van der Waals surface area contributed by atoms with E-state index in [-0.39, 0.29) is 0 Å². The van der Waals surface area contributed by atoms with Gasteiger partial charge in [-0.1, -0.05) is 12.1 Å². The molecule has 0 spiro atoms. The van der Waals surface area contributed by atoms with Crippen LogP contribution in [0.4, 0.5) is 11.5 Å². The van der Waals surface area contributed by atoms with E-state index in [2.05, 4.69) is 44.4 Å². The molecule has 3 aliphatic rings. The van der Waals surface area contributed by atoms with Crippen molar-refractivity contribution in [2.45, 2.75) is 44.9 Å². The SMILES string of the molecule is c1cc2c(c(N3CCN(CCCCOc4ccc5c(n4)NCCC5)CC3)c1)CCC2. The number of benzene rings is 1. The lowest BCUT2D eigenvalue weighted by Gasteiger charge is -2.37. The topological polar surface area (TPSA) is 40.6 Å². The van der Waals surface area contributed by atoms with Crippen LogP contribution in [0, 0.1) is 0 Å². The van der Waals surface area contributed by atoms with Gasteiger partial charge in [0.2, 0.25) is 5.88 Å². The average molecular weight is 407 g/mol. The number of aryl methyl sites for hydroxylation is 2. The molecule has 1 fully saturated rings. The van der Waals surface area contributed by atoms with Gasteiger partial charge in [0.1, 0.15) is 5.82 Å². The highest BCUT2D eigenvalue weighted by Crippen LogP contribution is 2.31. The number of unbranched alkanes of at least 4 members (excludes halogenated alkanes) is 1. The Balaban J connectivity index is 1.02. The molecule has 0 radical (unpaired) electrons. The molecule has 5 heteroatoms. The lowest BCUT2D eigenvalue weighted by Crippen LogP contribution is -2.47. The fourth-order valence-electron chi connectivity index (χ4n) is 5.11. The van der Waals surface area contributed by atoms with Gasteiger partial charge >= 0.3 is 0 Å². The van der Waals surface area contributed by atoms with Crippen LogP contribution < -0.4 is 15.0 Å². The van der Waals surface area contributed by atoms with E-state index in [1.165, 1.54) is 63.0 Å². The quantitative estimate of drug-likeness (QED) is 0.706. The van der Waals surface area contributed by atoms with Gasteiger partial charge in [0.25, 0.3) is 0 Å². The molecule has 30 heavy (non-hydrogen) atoms. The minimum Gasteiger partial charge on any atom is -0.478 e. The Morgan fingerprint density at radius 2 is 1.80 bits per heavy atom. The molecule has 1 aromatic heterocycles. The number of fused-ring (bicyclic) bond motifs is 2. The number of hydrogen-bond acceptors (Lipinski definition) is 5. The third kappa shape index (κ3) is 4.41. The zero-order valence-electron chi connectivity index (χ0n) is 18.0. The Hall–Kier alpha value is -2.27. The molecule has 160 valence electrons. The molecule has 0 unspecified atom stereocenters. The van der Waals surface area contributed by atoms with E-state index in [0.29, 0.717) is 0 Å². The van der Waals surface area contributed by atoms with Crippen LogP contribution >= 0.6 is 0 Å². The first-order valence-electron chi connectivity index (χ1n) is 11.8. The summed E-state index contributed by atoms with van der Waals surface area (Å²) in [6.45, 7) is 7.58. The van der Waals surface area contributed by atoms with Gasteiger partial charge in [0.15, 0.2) is 0 Å². The molecule has 0 amide bonds. The van der Waals surface area contributed by atoms with Gasteiger partial charge in [-0.2, -0.15) is 4.98 Å². The van der Waals surface area contributed by atoms with E-state index >= 15 is 0 Å². The van der Waals surface area contributed by atoms with Crippen LogP contribution in [0.3, 0.4) is 0 Å². The largest absolute Gasteiger partial charge is 0.478 e. The molecule has 1 aliphatic carbocycles. The second-order valence-corrected chi connectivity index (χ2v) is 8.84. The number of hydrogen-bond donors (Lipinski definition) is 1. The molecule has 5 rings (SSSR count). The standard InChI is InChI=1S/C25H34N4O/c1(2-19-30-24-12-11-21-8-5-13-26-25(21)27-24)14-28-15-17-29(18-16-28)23-10-4-7-20-6-3-9-22(20)23/h4,7,10-12H,1-3,5-6,8-9,13-19H2,(H,26,27). The van der Waals surface area contributed by atoms with Crippen LogP contribution in [0.25, 0.3) is 0 Å². The average Bonchev–Trinajstić information content (AvgIpc) is 3.28. The highest BCUT2D eigenvalue weighted by molar-refractivity contribution is 5.58. The van der Waals surface area contributed by atoms with Gasteiger partial charge in [-0.05, 0) is 80.3 Å². The van der Waals surface area contributed by atoms with Crippen molar-refractivity contribution in [3.8, 4) is 5.88 Å². The van der Waals surface area contributed by atoms with Crippen LogP contribution in [-0.2, 0) is 19.3 Å². The second kappa shape index (κ2) is 9.25. The monoisotopic (exact) mass is 406 g/mol. The summed E-state index contributed by atoms with van der Waals surface area (Å²) in [5.74, 6) is 1.77. The summed E-state index contributed by atoms with van der Waals surface area (Å²) in [4.78, 5) is 9.84. The molecule has 1 aromatic carbocycles. The first-order chi connectivity index (χ1) is 14.9. The summed E-state index contributed by atoms with van der Waals surface area (Å²) in [5, 5.41) is 3.37. The first kappa shape index (κ1) is 19.7. The summed E-state index contributed by atoms with van der Waals surface area (Å²) >= 11 is 0. The molecule has 0 bridgehead atoms. The maximum Gasteiger partial charge on any atom is 0.215 e. The maximum absolute atomic E-state index is 5.90. The van der Waals surface area contributed by atoms with Crippen LogP contribution in [0.5, 0.6) is 5.88 Å². The molecule has 1 N–H and O–H groups in total. The molecular weight excluding hydrogens is 372 g/mol. The molecule has 5 nitrogen and oxygen atoms in total. The van der Waals surface area contributed by atoms with Crippen molar-refractivity contribution in [1.29, 1.82) is 0 Å². The number of piperazine rings is 1. The molecule has 1 saturated heterocycles. The van der Waals surface area contributed by atoms with Crippen molar-refractivity contribution < 1.29 is 4.74 Å². The lowest BCUT2D eigenvalue weighted by atomic mass is 10.1. The third-order valence-electron chi connectivity index (χ3n) is 6.82. The van der Waals surface area contributed by atoms with Crippen molar-refractivity contribution in [2.75, 3.05) is 56.1 Å². The van der Waals surface area contributed by atoms with Crippen LogP contribution in [0.2, 0.25) is 0 Å². The molecular formula is C25H34N4O. The van der Waals surface area contributed by atoms with Gasteiger partial charge in [-0.25, -0.2) is 0 Å². The molecule has 2 aromatic rings. The zero-order valence-corrected chi connectivity index (χ0v) is 18.0. The van der Waals surface area contributed by atoms with Gasteiger partial charge in [-0.3, -0.25) is 4.90 Å². The normalized spacial score (nSPS) is 18.6. The van der Waals surface area contributed by atoms with Crippen molar-refractivity contribution >= 4 is 11.5 Å². The molecule has 0 atom stereocenters. The summed E-state index contributed by atoms with van der Waals surface area (Å²) in [7, 11) is 0. The Bertz CT molecular complexity index is 860. The fraction of sp³-hybridized carbons (Fsp3) is 0.560. The van der Waals surface area contributed by atoms with E-state index < -0.39 is 0 Å². The highest BCUT2D eigenvalue weighted by atomic mass is 16.5. The van der Waals surface area contributed by atoms with Gasteiger partial charge in [-0.15, -0.1) is 0 Å². The predicted molar refractivity (Wildman–Crippen MR) is 123 cm³/mol. The Morgan fingerprint density at radius 3 is 2.73 bits per heavy atom. The highest BCUT2D eigenvalue weighted by Gasteiger charge is 2.22. The maximum atomic E-state index is 5.90. The fourth-order valence-corrected chi connectivity index (χ4v) is 5.11. The van der Waals surface area contributed by atoms with E-state index in [1.54, 1.807) is 11.1 Å². The number of nitrogens with one attached hydrogen (secondary N) is 1. The van der Waals surface area contributed by atoms with Crippen molar-refractivity contribution in [1.82, 2.24) is 9.88 Å². The number of anilines is 2. The van der Waals surface area contributed by atoms with Crippen LogP contribution in [0.15, 0.2) is 30.3 Å². The van der Waals surface area contributed by atoms with Gasteiger partial charge in [0, 0.05) is 44.5 Å². The van der Waals surface area contributed by atoms with Crippen LogP contribution in [-0.4, -0.2) is 55.8 Å². The smallest absolute Gasteiger partial charge is 0.215 e. The summed E-state index contributed by atoms with van der Waals surface area (Å²) in [5.41, 5.74) is 6.02. The van der Waals surface area contributed by atoms with E-state index in [1.807, 2.05) is 6.07 Å². The minimum atomic E-state index is 0.752. The number of aromatic nitrogens is 1. The number of pyridine rings is 1. The zero-order chi connectivity index (χ0) is 20.2. The Morgan fingerprint density at radius 1 is 0.900 bits per heavy atom. The predicted octanol–water partition coefficient (Wildman–Crippen LogP) is 3.91. The molecule has 2 aliphatic heterocycles. The van der Waals surface area contributed by atoms with Gasteiger partial charge < -0.3 is 15.0 Å². The summed E-state index contributed by atoms with van der Waals surface area (Å²) in [6, 6.07) is 11.1. The summed E-state index contributed by atoms with van der Waals surface area (Å²) < 4.78 is 5.90. The second-order valence-electron chi connectivity index (χ2n) is 8.84. The van der Waals surface area contributed by atoms with Crippen molar-refractivity contribution in [3.63, 3.8) is 0 Å². The number of nitrogens with zero attached hydrogens (tertiary/aromatic N) is 3. The van der Waals surface area contributed by atoms with E-state index in [0.717, 1.165) is 50.8 Å². The van der Waals surface area contributed by atoms with Gasteiger partial charge in [0.05, 0.1) is 6.61 Å².